The van der Waals surface area contributed by atoms with Crippen molar-refractivity contribution in [3.8, 4) is 11.5 Å². The topological polar surface area (TPSA) is 84.2 Å². The van der Waals surface area contributed by atoms with Gasteiger partial charge in [0.25, 0.3) is 0 Å². The number of phenolic OH excluding ortho intramolecular Hbond substituents is 2. The van der Waals surface area contributed by atoms with E-state index in [-0.39, 0.29) is 29.6 Å². The van der Waals surface area contributed by atoms with E-state index in [1.807, 2.05) is 119 Å². The summed E-state index contributed by atoms with van der Waals surface area (Å²) >= 11 is 0. The molecule has 0 aliphatic heterocycles. The molecule has 0 saturated heterocycles. The molecule has 2 aliphatic carbocycles. The number of hydrogen-bond donors (Lipinski definition) is 4. The lowest BCUT2D eigenvalue weighted by molar-refractivity contribution is 0.380. The predicted octanol–water partition coefficient (Wildman–Crippen LogP) is 9.48. The molecule has 0 bridgehead atoms. The largest absolute Gasteiger partial charge is 0.508 e. The fourth-order valence-electron chi connectivity index (χ4n) is 6.27. The Balaban J connectivity index is 2.22. The molecule has 1 aromatic rings. The molecule has 0 fully saturated rings. The quantitative estimate of drug-likeness (QED) is 0.0711. The van der Waals surface area contributed by atoms with Crippen molar-refractivity contribution in [2.24, 2.45) is 0 Å². The van der Waals surface area contributed by atoms with Crippen LogP contribution in [0, 0.1) is 6.92 Å². The van der Waals surface area contributed by atoms with Crippen LogP contribution in [0.2, 0.25) is 0 Å². The summed E-state index contributed by atoms with van der Waals surface area (Å²) in [5, 5.41) is 47.1. The molecule has 0 unspecified atom stereocenters. The number of aromatic hydroxyl groups is 2. The SMILES string of the molecule is BC(=C)/C(O)=C(CC/C(C)=C(/C=C\C)\C=C/C=C)\C(O)=C(\C)CN(C1=CCC=C(C)C=C1)c1c(C)c(O)c(/C2=C/C=C\C(=C)/C=C\C=C/C2)c(B)c1O. The van der Waals surface area contributed by atoms with E-state index in [0.717, 1.165) is 33.6 Å². The average molecular weight is 708 g/mol. The Bertz CT molecular complexity index is 1970. The summed E-state index contributed by atoms with van der Waals surface area (Å²) in [6, 6.07) is 0. The standard InChI is InChI=1S/C46H55B2NO4/c1-9-11-21-36(17-10-2)32(5)26-28-39(45(52)35(8)47)43(50)33(6)29-49(38-24-16-20-31(4)25-27-38)42-34(7)44(51)40(41(48)46(42)53)37-22-14-12-13-18-30(3)19-15-23-37/h9-15,17-21,23-25,27,50-53H,1,3,8,16,22,26,28-29,47-48H2,2,4-7H3/b14-12-,17-10-,18-13-,19-15-,21-11-,36-32-,37-23+,43-33+,45-39+. The summed E-state index contributed by atoms with van der Waals surface area (Å²) in [4.78, 5) is 1.93. The van der Waals surface area contributed by atoms with Crippen LogP contribution < -0.4 is 10.4 Å². The Labute approximate surface area is 319 Å². The molecule has 3 rings (SSSR count). The van der Waals surface area contributed by atoms with Crippen LogP contribution in [0.3, 0.4) is 0 Å². The Morgan fingerprint density at radius 1 is 0.925 bits per heavy atom. The molecule has 0 radical (unpaired) electrons. The van der Waals surface area contributed by atoms with Crippen molar-refractivity contribution in [1.82, 2.24) is 0 Å². The zero-order valence-corrected chi connectivity index (χ0v) is 32.6. The van der Waals surface area contributed by atoms with E-state index < -0.39 is 0 Å². The zero-order chi connectivity index (χ0) is 39.2. The highest BCUT2D eigenvalue weighted by Crippen LogP contribution is 2.43. The third-order valence-corrected chi connectivity index (χ3v) is 9.37. The maximum atomic E-state index is 12.1. The zero-order valence-electron chi connectivity index (χ0n) is 32.6. The van der Waals surface area contributed by atoms with Gasteiger partial charge in [0.1, 0.15) is 38.7 Å². The van der Waals surface area contributed by atoms with E-state index in [0.29, 0.717) is 64.6 Å². The number of nitrogens with zero attached hydrogens (tertiary/aromatic N) is 1. The second kappa shape index (κ2) is 19.9. The Kier molecular flexibility index (Phi) is 15.7. The molecule has 0 saturated carbocycles. The molecule has 0 spiro atoms. The molecule has 274 valence electrons. The van der Waals surface area contributed by atoms with E-state index in [1.54, 1.807) is 20.8 Å². The van der Waals surface area contributed by atoms with Crippen molar-refractivity contribution in [1.29, 1.82) is 0 Å². The second-order valence-electron chi connectivity index (χ2n) is 13.6. The number of aliphatic hydroxyl groups excluding tert-OH is 2. The number of anilines is 1. The molecule has 2 aliphatic rings. The molecule has 5 nitrogen and oxygen atoms in total. The first-order valence-electron chi connectivity index (χ1n) is 18.1. The maximum Gasteiger partial charge on any atom is 0.145 e. The number of benzene rings is 1. The number of phenols is 2. The minimum absolute atomic E-state index is 0.0338. The van der Waals surface area contributed by atoms with Gasteiger partial charge in [-0.15, -0.1) is 6.58 Å². The monoisotopic (exact) mass is 707 g/mol. The molecule has 0 heterocycles. The Morgan fingerprint density at radius 3 is 2.32 bits per heavy atom. The summed E-state index contributed by atoms with van der Waals surface area (Å²) in [5.74, 6) is 0.0114. The molecule has 0 amide bonds. The summed E-state index contributed by atoms with van der Waals surface area (Å²) in [6.45, 7) is 21.6. The molecule has 4 N–H and O–H groups in total. The van der Waals surface area contributed by atoms with Crippen LogP contribution in [0.1, 0.15) is 64.5 Å². The van der Waals surface area contributed by atoms with E-state index in [1.165, 1.54) is 0 Å². The minimum Gasteiger partial charge on any atom is -0.508 e. The van der Waals surface area contributed by atoms with Gasteiger partial charge in [0.15, 0.2) is 0 Å². The summed E-state index contributed by atoms with van der Waals surface area (Å²) in [6.07, 6.45) is 33.5. The van der Waals surface area contributed by atoms with Crippen LogP contribution in [0.5, 0.6) is 11.5 Å². The van der Waals surface area contributed by atoms with Crippen LogP contribution in [-0.2, 0) is 0 Å². The molecule has 0 atom stereocenters. The molecule has 1 aromatic carbocycles. The van der Waals surface area contributed by atoms with Crippen LogP contribution in [0.25, 0.3) is 5.57 Å². The number of rotatable bonds is 13. The predicted molar refractivity (Wildman–Crippen MR) is 234 cm³/mol. The van der Waals surface area contributed by atoms with Crippen molar-refractivity contribution in [3.05, 3.63) is 184 Å². The van der Waals surface area contributed by atoms with Gasteiger partial charge >= 0.3 is 0 Å². The fraction of sp³-hybridized carbons (Fsp3) is 0.217. The third kappa shape index (κ3) is 11.0. The highest BCUT2D eigenvalue weighted by molar-refractivity contribution is 6.38. The first kappa shape index (κ1) is 41.9. The van der Waals surface area contributed by atoms with Gasteiger partial charge in [-0.25, -0.2) is 0 Å². The van der Waals surface area contributed by atoms with Crippen molar-refractivity contribution >= 4 is 32.4 Å². The van der Waals surface area contributed by atoms with Gasteiger partial charge in [-0.05, 0) is 94.1 Å². The third-order valence-electron chi connectivity index (χ3n) is 9.37. The highest BCUT2D eigenvalue weighted by Gasteiger charge is 2.27. The lowest BCUT2D eigenvalue weighted by atomic mass is 9.81. The van der Waals surface area contributed by atoms with Gasteiger partial charge < -0.3 is 25.3 Å². The van der Waals surface area contributed by atoms with Crippen LogP contribution in [0.15, 0.2) is 173 Å². The normalized spacial score (nSPS) is 19.2. The average Bonchev–Trinajstić information content (AvgIpc) is 3.35. The van der Waals surface area contributed by atoms with Crippen molar-refractivity contribution in [3.63, 3.8) is 0 Å². The van der Waals surface area contributed by atoms with Crippen molar-refractivity contribution < 1.29 is 20.4 Å². The van der Waals surface area contributed by atoms with Gasteiger partial charge in [-0.1, -0.05) is 121 Å². The maximum absolute atomic E-state index is 12.1. The van der Waals surface area contributed by atoms with Gasteiger partial charge in [0.05, 0.1) is 5.69 Å². The van der Waals surface area contributed by atoms with Crippen molar-refractivity contribution in [2.45, 2.75) is 60.3 Å². The Morgan fingerprint density at radius 2 is 1.64 bits per heavy atom. The molecule has 0 aromatic heterocycles. The van der Waals surface area contributed by atoms with E-state index in [4.69, 9.17) is 0 Å². The van der Waals surface area contributed by atoms with Crippen LogP contribution in [-0.4, -0.2) is 42.7 Å². The summed E-state index contributed by atoms with van der Waals surface area (Å²) in [7, 11) is 3.53. The van der Waals surface area contributed by atoms with E-state index in [9.17, 15) is 20.4 Å². The smallest absolute Gasteiger partial charge is 0.145 e. The minimum atomic E-state index is -0.0539. The van der Waals surface area contributed by atoms with Gasteiger partial charge in [0.2, 0.25) is 0 Å². The summed E-state index contributed by atoms with van der Waals surface area (Å²) < 4.78 is 0. The van der Waals surface area contributed by atoms with Gasteiger partial charge in [-0.3, -0.25) is 0 Å². The lowest BCUT2D eigenvalue weighted by Gasteiger charge is -2.31. The first-order valence-corrected chi connectivity index (χ1v) is 18.1. The number of allylic oxidation sites excluding steroid dienone is 23. The summed E-state index contributed by atoms with van der Waals surface area (Å²) in [5.41, 5.74) is 9.16. The van der Waals surface area contributed by atoms with E-state index in [2.05, 4.69) is 31.9 Å². The van der Waals surface area contributed by atoms with Crippen LogP contribution >= 0.6 is 0 Å². The van der Waals surface area contributed by atoms with Crippen LogP contribution in [0.4, 0.5) is 5.69 Å². The highest BCUT2D eigenvalue weighted by atomic mass is 16.3. The molecular weight excluding hydrogens is 652 g/mol. The van der Waals surface area contributed by atoms with Gasteiger partial charge in [0, 0.05) is 28.9 Å². The van der Waals surface area contributed by atoms with Crippen molar-refractivity contribution in [2.75, 3.05) is 11.4 Å². The number of hydrogen-bond acceptors (Lipinski definition) is 5. The Hall–Kier alpha value is -5.55. The van der Waals surface area contributed by atoms with Gasteiger partial charge in [-0.2, -0.15) is 0 Å². The molecule has 53 heavy (non-hydrogen) atoms. The number of aliphatic hydroxyl groups is 2. The molecule has 7 heteroatoms. The van der Waals surface area contributed by atoms with E-state index >= 15 is 0 Å². The fourth-order valence-corrected chi connectivity index (χ4v) is 6.27. The second-order valence-corrected chi connectivity index (χ2v) is 13.6. The first-order chi connectivity index (χ1) is 25.2. The lowest BCUT2D eigenvalue weighted by Crippen LogP contribution is -2.28. The molecular formula is C46H55B2NO4.